The number of nitro benzene ring substituents is 1. The second-order valence-corrected chi connectivity index (χ2v) is 4.64. The van der Waals surface area contributed by atoms with Crippen LogP contribution in [0.15, 0.2) is 48.8 Å². The molecule has 0 aliphatic rings. The summed E-state index contributed by atoms with van der Waals surface area (Å²) in [6.07, 6.45) is 4.48. The zero-order valence-corrected chi connectivity index (χ0v) is 11.3. The molecule has 1 heterocycles. The maximum atomic E-state index is 10.8. The molecule has 0 fully saturated rings. The Kier molecular flexibility index (Phi) is 4.79. The van der Waals surface area contributed by atoms with Gasteiger partial charge in [-0.05, 0) is 37.1 Å². The van der Waals surface area contributed by atoms with E-state index in [4.69, 9.17) is 0 Å². The van der Waals surface area contributed by atoms with Gasteiger partial charge in [0.05, 0.1) is 4.92 Å². The fraction of sp³-hybridized carbons (Fsp3) is 0.267. The average molecular weight is 271 g/mol. The van der Waals surface area contributed by atoms with E-state index in [0.29, 0.717) is 0 Å². The van der Waals surface area contributed by atoms with Gasteiger partial charge in [0.1, 0.15) is 0 Å². The number of nitrogens with one attached hydrogen (secondary N) is 1. The van der Waals surface area contributed by atoms with Crippen molar-refractivity contribution in [3.8, 4) is 0 Å². The molecular weight excluding hydrogens is 254 g/mol. The number of nitro groups is 1. The normalized spacial score (nSPS) is 12.1. The smallest absolute Gasteiger partial charge is 0.269 e. The van der Waals surface area contributed by atoms with Gasteiger partial charge in [0, 0.05) is 30.6 Å². The number of pyridine rings is 1. The zero-order chi connectivity index (χ0) is 14.4. The second-order valence-electron chi connectivity index (χ2n) is 4.64. The number of non-ortho nitro benzene ring substituents is 1. The zero-order valence-electron chi connectivity index (χ0n) is 11.3. The summed E-state index contributed by atoms with van der Waals surface area (Å²) in [4.78, 5) is 14.5. The van der Waals surface area contributed by atoms with Crippen LogP contribution < -0.4 is 5.32 Å². The van der Waals surface area contributed by atoms with Gasteiger partial charge in [-0.15, -0.1) is 0 Å². The highest BCUT2D eigenvalue weighted by molar-refractivity contribution is 5.35. The molecule has 2 rings (SSSR count). The Labute approximate surface area is 117 Å². The third-order valence-corrected chi connectivity index (χ3v) is 3.17. The lowest BCUT2D eigenvalue weighted by atomic mass is 10.1. The standard InChI is InChI=1S/C15H17N3O2/c1-12(14-5-2-6-15(10-14)18(19)20)17-9-7-13-4-3-8-16-11-13/h2-6,8,10-12,17H,7,9H2,1H3. The highest BCUT2D eigenvalue weighted by Crippen LogP contribution is 2.18. The summed E-state index contributed by atoms with van der Waals surface area (Å²) in [6, 6.07) is 10.8. The number of aromatic nitrogens is 1. The molecule has 5 heteroatoms. The number of nitrogens with zero attached hydrogens (tertiary/aromatic N) is 2. The van der Waals surface area contributed by atoms with Crippen molar-refractivity contribution in [2.45, 2.75) is 19.4 Å². The van der Waals surface area contributed by atoms with Crippen LogP contribution in [-0.4, -0.2) is 16.5 Å². The van der Waals surface area contributed by atoms with E-state index >= 15 is 0 Å². The minimum Gasteiger partial charge on any atom is -0.310 e. The maximum Gasteiger partial charge on any atom is 0.269 e. The van der Waals surface area contributed by atoms with Crippen LogP contribution in [0.4, 0.5) is 5.69 Å². The van der Waals surface area contributed by atoms with Crippen LogP contribution in [0.1, 0.15) is 24.1 Å². The van der Waals surface area contributed by atoms with Crippen molar-refractivity contribution < 1.29 is 4.92 Å². The first kappa shape index (κ1) is 14.1. The van der Waals surface area contributed by atoms with Crippen molar-refractivity contribution in [2.75, 3.05) is 6.54 Å². The van der Waals surface area contributed by atoms with Gasteiger partial charge in [0.15, 0.2) is 0 Å². The molecule has 0 amide bonds. The van der Waals surface area contributed by atoms with E-state index in [2.05, 4.69) is 10.3 Å². The molecule has 2 aromatic rings. The van der Waals surface area contributed by atoms with Crippen molar-refractivity contribution in [3.63, 3.8) is 0 Å². The minimum atomic E-state index is -0.369. The van der Waals surface area contributed by atoms with E-state index in [1.807, 2.05) is 31.3 Å². The maximum absolute atomic E-state index is 10.8. The number of benzene rings is 1. The topological polar surface area (TPSA) is 68.1 Å². The molecule has 0 aliphatic carbocycles. The molecule has 0 aliphatic heterocycles. The van der Waals surface area contributed by atoms with E-state index in [1.54, 1.807) is 18.3 Å². The van der Waals surface area contributed by atoms with Gasteiger partial charge in [-0.1, -0.05) is 18.2 Å². The van der Waals surface area contributed by atoms with E-state index in [1.165, 1.54) is 11.6 Å². The molecule has 0 bridgehead atoms. The van der Waals surface area contributed by atoms with E-state index in [-0.39, 0.29) is 16.7 Å². The highest BCUT2D eigenvalue weighted by atomic mass is 16.6. The summed E-state index contributed by atoms with van der Waals surface area (Å²) < 4.78 is 0. The molecule has 1 unspecified atom stereocenters. The monoisotopic (exact) mass is 271 g/mol. The van der Waals surface area contributed by atoms with Crippen LogP contribution in [-0.2, 0) is 6.42 Å². The van der Waals surface area contributed by atoms with E-state index < -0.39 is 0 Å². The summed E-state index contributed by atoms with van der Waals surface area (Å²) in [6.45, 7) is 2.80. The molecular formula is C15H17N3O2. The van der Waals surface area contributed by atoms with Gasteiger partial charge >= 0.3 is 0 Å². The summed E-state index contributed by atoms with van der Waals surface area (Å²) >= 11 is 0. The summed E-state index contributed by atoms with van der Waals surface area (Å²) in [5.74, 6) is 0. The molecule has 1 aromatic carbocycles. The molecule has 1 aromatic heterocycles. The van der Waals surface area contributed by atoms with Crippen molar-refractivity contribution in [1.82, 2.24) is 10.3 Å². The van der Waals surface area contributed by atoms with Crippen LogP contribution in [0.25, 0.3) is 0 Å². The Morgan fingerprint density at radius 2 is 2.20 bits per heavy atom. The lowest BCUT2D eigenvalue weighted by Gasteiger charge is -2.14. The van der Waals surface area contributed by atoms with Crippen LogP contribution >= 0.6 is 0 Å². The molecule has 1 atom stereocenters. The lowest BCUT2D eigenvalue weighted by molar-refractivity contribution is -0.384. The molecule has 104 valence electrons. The van der Waals surface area contributed by atoms with Crippen molar-refractivity contribution in [1.29, 1.82) is 0 Å². The first-order valence-electron chi connectivity index (χ1n) is 6.53. The number of hydrogen-bond donors (Lipinski definition) is 1. The Balaban J connectivity index is 1.90. The van der Waals surface area contributed by atoms with Crippen molar-refractivity contribution in [3.05, 3.63) is 70.0 Å². The fourth-order valence-corrected chi connectivity index (χ4v) is 2.00. The fourth-order valence-electron chi connectivity index (χ4n) is 2.00. The quantitative estimate of drug-likeness (QED) is 0.648. The molecule has 0 saturated heterocycles. The largest absolute Gasteiger partial charge is 0.310 e. The molecule has 0 saturated carbocycles. The third-order valence-electron chi connectivity index (χ3n) is 3.17. The Bertz CT molecular complexity index is 572. The Hall–Kier alpha value is -2.27. The average Bonchev–Trinajstić information content (AvgIpc) is 2.48. The van der Waals surface area contributed by atoms with Crippen LogP contribution in [0.3, 0.4) is 0 Å². The molecule has 0 radical (unpaired) electrons. The Morgan fingerprint density at radius 3 is 2.90 bits per heavy atom. The van der Waals surface area contributed by atoms with Crippen LogP contribution in [0.2, 0.25) is 0 Å². The van der Waals surface area contributed by atoms with Crippen molar-refractivity contribution >= 4 is 5.69 Å². The predicted octanol–water partition coefficient (Wildman–Crippen LogP) is 2.88. The van der Waals surface area contributed by atoms with Gasteiger partial charge in [-0.25, -0.2) is 0 Å². The third kappa shape index (κ3) is 3.86. The van der Waals surface area contributed by atoms with Gasteiger partial charge in [-0.2, -0.15) is 0 Å². The van der Waals surface area contributed by atoms with Crippen molar-refractivity contribution in [2.24, 2.45) is 0 Å². The molecule has 20 heavy (non-hydrogen) atoms. The number of rotatable bonds is 6. The highest BCUT2D eigenvalue weighted by Gasteiger charge is 2.10. The van der Waals surface area contributed by atoms with E-state index in [9.17, 15) is 10.1 Å². The molecule has 0 spiro atoms. The predicted molar refractivity (Wildman–Crippen MR) is 77.5 cm³/mol. The van der Waals surface area contributed by atoms with Gasteiger partial charge in [0.25, 0.3) is 5.69 Å². The van der Waals surface area contributed by atoms with E-state index in [0.717, 1.165) is 18.5 Å². The summed E-state index contributed by atoms with van der Waals surface area (Å²) in [5, 5.41) is 14.1. The Morgan fingerprint density at radius 1 is 1.35 bits per heavy atom. The number of hydrogen-bond acceptors (Lipinski definition) is 4. The SMILES string of the molecule is CC(NCCc1cccnc1)c1cccc([N+](=O)[O-])c1. The molecule has 1 N–H and O–H groups in total. The van der Waals surface area contributed by atoms with Crippen LogP contribution in [0, 0.1) is 10.1 Å². The van der Waals surface area contributed by atoms with Gasteiger partial charge in [-0.3, -0.25) is 15.1 Å². The van der Waals surface area contributed by atoms with Gasteiger partial charge in [0.2, 0.25) is 0 Å². The summed E-state index contributed by atoms with van der Waals surface area (Å²) in [7, 11) is 0. The summed E-state index contributed by atoms with van der Waals surface area (Å²) in [5.41, 5.74) is 2.22. The first-order valence-corrected chi connectivity index (χ1v) is 6.53. The van der Waals surface area contributed by atoms with Crippen LogP contribution in [0.5, 0.6) is 0 Å². The first-order chi connectivity index (χ1) is 9.66. The van der Waals surface area contributed by atoms with Gasteiger partial charge < -0.3 is 5.32 Å². The lowest BCUT2D eigenvalue weighted by Crippen LogP contribution is -2.21. The second kappa shape index (κ2) is 6.77. The minimum absolute atomic E-state index is 0.0755. The molecule has 5 nitrogen and oxygen atoms in total.